The Hall–Kier alpha value is -3.33. The molecule has 0 bridgehead atoms. The highest BCUT2D eigenvalue weighted by atomic mass is 19.1. The van der Waals surface area contributed by atoms with E-state index in [9.17, 15) is 14.0 Å². The van der Waals surface area contributed by atoms with Crippen LogP contribution in [0.4, 0.5) is 10.1 Å². The summed E-state index contributed by atoms with van der Waals surface area (Å²) < 4.78 is 30.6. The first-order valence-electron chi connectivity index (χ1n) is 11.3. The minimum Gasteiger partial charge on any atom is -0.493 e. The predicted octanol–water partition coefficient (Wildman–Crippen LogP) is 2.55. The molecule has 8 nitrogen and oxygen atoms in total. The first kappa shape index (κ1) is 23.8. The second-order valence-electron chi connectivity index (χ2n) is 8.45. The molecule has 0 saturated carbocycles. The van der Waals surface area contributed by atoms with E-state index in [4.69, 9.17) is 14.2 Å². The molecule has 2 aliphatic rings. The minimum absolute atomic E-state index is 0.0458. The summed E-state index contributed by atoms with van der Waals surface area (Å²) in [6, 6.07) is 9.98. The molecule has 0 radical (unpaired) electrons. The number of carbonyl (C=O) groups excluding carboxylic acids is 2. The lowest BCUT2D eigenvalue weighted by atomic mass is 10.1. The van der Waals surface area contributed by atoms with E-state index in [1.54, 1.807) is 39.5 Å². The molecular formula is C25H30FN3O5. The highest BCUT2D eigenvalue weighted by Crippen LogP contribution is 2.40. The first-order valence-corrected chi connectivity index (χ1v) is 11.3. The molecule has 34 heavy (non-hydrogen) atoms. The lowest BCUT2D eigenvalue weighted by molar-refractivity contribution is -0.137. The van der Waals surface area contributed by atoms with Gasteiger partial charge in [0.05, 0.1) is 32.9 Å². The number of methoxy groups -OCH3 is 3. The normalized spacial score (nSPS) is 18.8. The molecule has 0 spiro atoms. The van der Waals surface area contributed by atoms with Gasteiger partial charge in [-0.3, -0.25) is 14.5 Å². The Bertz CT molecular complexity index is 1050. The third-order valence-corrected chi connectivity index (χ3v) is 6.48. The SMILES string of the molecule is COc1ccc(CN2CCN(C(=O)C3CC(=O)N(c4ccccc4F)C3)CC2)c(OC)c1OC. The van der Waals surface area contributed by atoms with Gasteiger partial charge in [-0.05, 0) is 18.2 Å². The highest BCUT2D eigenvalue weighted by Gasteiger charge is 2.38. The van der Waals surface area contributed by atoms with E-state index in [0.29, 0.717) is 50.0 Å². The molecule has 2 amide bonds. The zero-order valence-corrected chi connectivity index (χ0v) is 19.8. The number of hydrogen-bond donors (Lipinski definition) is 0. The quantitative estimate of drug-likeness (QED) is 0.618. The summed E-state index contributed by atoms with van der Waals surface area (Å²) in [5, 5.41) is 0. The third kappa shape index (κ3) is 4.65. The summed E-state index contributed by atoms with van der Waals surface area (Å²) in [4.78, 5) is 31.0. The third-order valence-electron chi connectivity index (χ3n) is 6.48. The van der Waals surface area contributed by atoms with Crippen molar-refractivity contribution in [1.29, 1.82) is 0 Å². The second kappa shape index (κ2) is 10.3. The number of nitrogens with zero attached hydrogens (tertiary/aromatic N) is 3. The van der Waals surface area contributed by atoms with E-state index in [1.165, 1.54) is 11.0 Å². The Kier molecular flexibility index (Phi) is 7.21. The van der Waals surface area contributed by atoms with E-state index < -0.39 is 11.7 Å². The van der Waals surface area contributed by atoms with Gasteiger partial charge in [0, 0.05) is 51.3 Å². The van der Waals surface area contributed by atoms with Crippen molar-refractivity contribution in [2.24, 2.45) is 5.92 Å². The van der Waals surface area contributed by atoms with Crippen LogP contribution in [0.15, 0.2) is 36.4 Å². The molecule has 4 rings (SSSR count). The van der Waals surface area contributed by atoms with Gasteiger partial charge in [-0.2, -0.15) is 0 Å². The van der Waals surface area contributed by atoms with Gasteiger partial charge >= 0.3 is 0 Å². The molecule has 9 heteroatoms. The van der Waals surface area contributed by atoms with Crippen molar-refractivity contribution >= 4 is 17.5 Å². The van der Waals surface area contributed by atoms with Crippen LogP contribution in [0.1, 0.15) is 12.0 Å². The number of para-hydroxylation sites is 1. The lowest BCUT2D eigenvalue weighted by Crippen LogP contribution is -2.50. The van der Waals surface area contributed by atoms with Gasteiger partial charge in [0.25, 0.3) is 0 Å². The van der Waals surface area contributed by atoms with Crippen LogP contribution >= 0.6 is 0 Å². The topological polar surface area (TPSA) is 71.6 Å². The van der Waals surface area contributed by atoms with Gasteiger partial charge in [0.1, 0.15) is 5.82 Å². The van der Waals surface area contributed by atoms with Gasteiger partial charge in [0.2, 0.25) is 17.6 Å². The van der Waals surface area contributed by atoms with Gasteiger partial charge in [-0.1, -0.05) is 18.2 Å². The molecule has 0 aliphatic carbocycles. The molecule has 2 aliphatic heterocycles. The predicted molar refractivity (Wildman–Crippen MR) is 125 cm³/mol. The van der Waals surface area contributed by atoms with Crippen LogP contribution in [-0.2, 0) is 16.1 Å². The van der Waals surface area contributed by atoms with Crippen molar-refractivity contribution in [1.82, 2.24) is 9.80 Å². The monoisotopic (exact) mass is 471 g/mol. The Morgan fingerprint density at radius 3 is 2.32 bits per heavy atom. The van der Waals surface area contributed by atoms with E-state index in [1.807, 2.05) is 17.0 Å². The smallest absolute Gasteiger partial charge is 0.228 e. The maximum atomic E-state index is 14.1. The van der Waals surface area contributed by atoms with Crippen molar-refractivity contribution in [2.45, 2.75) is 13.0 Å². The molecule has 1 atom stereocenters. The number of amides is 2. The highest BCUT2D eigenvalue weighted by molar-refractivity contribution is 6.00. The Morgan fingerprint density at radius 1 is 0.971 bits per heavy atom. The molecule has 2 aromatic carbocycles. The summed E-state index contributed by atoms with van der Waals surface area (Å²) in [6.45, 7) is 3.38. The average Bonchev–Trinajstić information content (AvgIpc) is 3.25. The summed E-state index contributed by atoms with van der Waals surface area (Å²) in [5.41, 5.74) is 1.21. The fourth-order valence-corrected chi connectivity index (χ4v) is 4.69. The van der Waals surface area contributed by atoms with Gasteiger partial charge in [-0.25, -0.2) is 4.39 Å². The molecule has 2 fully saturated rings. The van der Waals surface area contributed by atoms with Crippen LogP contribution in [0.25, 0.3) is 0 Å². The maximum absolute atomic E-state index is 14.1. The maximum Gasteiger partial charge on any atom is 0.228 e. The van der Waals surface area contributed by atoms with E-state index in [0.717, 1.165) is 5.56 Å². The number of piperazine rings is 1. The van der Waals surface area contributed by atoms with Crippen LogP contribution in [-0.4, -0.2) is 75.7 Å². The van der Waals surface area contributed by atoms with Gasteiger partial charge in [0.15, 0.2) is 11.5 Å². The average molecular weight is 472 g/mol. The zero-order valence-electron chi connectivity index (χ0n) is 19.8. The van der Waals surface area contributed by atoms with Gasteiger partial charge < -0.3 is 24.0 Å². The number of halogens is 1. The fraction of sp³-hybridized carbons (Fsp3) is 0.440. The summed E-state index contributed by atoms with van der Waals surface area (Å²) in [7, 11) is 4.77. The Labute approximate surface area is 198 Å². The van der Waals surface area contributed by atoms with Gasteiger partial charge in [-0.15, -0.1) is 0 Å². The second-order valence-corrected chi connectivity index (χ2v) is 8.45. The number of hydrogen-bond acceptors (Lipinski definition) is 6. The fourth-order valence-electron chi connectivity index (χ4n) is 4.69. The van der Waals surface area contributed by atoms with Crippen molar-refractivity contribution in [3.05, 3.63) is 47.8 Å². The van der Waals surface area contributed by atoms with Crippen molar-refractivity contribution < 1.29 is 28.2 Å². The first-order chi connectivity index (χ1) is 16.5. The van der Waals surface area contributed by atoms with E-state index >= 15 is 0 Å². The van der Waals surface area contributed by atoms with Crippen molar-refractivity contribution in [3.8, 4) is 17.2 Å². The molecule has 0 N–H and O–H groups in total. The number of anilines is 1. The molecule has 2 aromatic rings. The van der Waals surface area contributed by atoms with Crippen molar-refractivity contribution in [2.75, 3.05) is 59.0 Å². The summed E-state index contributed by atoms with van der Waals surface area (Å²) in [6.07, 6.45) is 0.107. The van der Waals surface area contributed by atoms with Crippen LogP contribution in [0.2, 0.25) is 0 Å². The molecule has 0 aromatic heterocycles. The number of benzene rings is 2. The van der Waals surface area contributed by atoms with E-state index in [-0.39, 0.29) is 30.5 Å². The molecular weight excluding hydrogens is 441 g/mol. The largest absolute Gasteiger partial charge is 0.493 e. The van der Waals surface area contributed by atoms with E-state index in [2.05, 4.69) is 4.90 Å². The van der Waals surface area contributed by atoms with Crippen LogP contribution in [0.3, 0.4) is 0 Å². The zero-order chi connectivity index (χ0) is 24.2. The number of rotatable bonds is 7. The molecule has 1 unspecified atom stereocenters. The van der Waals surface area contributed by atoms with Crippen LogP contribution < -0.4 is 19.1 Å². The summed E-state index contributed by atoms with van der Waals surface area (Å²) in [5.74, 6) is 0.625. The summed E-state index contributed by atoms with van der Waals surface area (Å²) >= 11 is 0. The lowest BCUT2D eigenvalue weighted by Gasteiger charge is -2.36. The number of carbonyl (C=O) groups is 2. The van der Waals surface area contributed by atoms with Crippen LogP contribution in [0.5, 0.6) is 17.2 Å². The van der Waals surface area contributed by atoms with Crippen LogP contribution in [0, 0.1) is 11.7 Å². The molecule has 2 saturated heterocycles. The Morgan fingerprint density at radius 2 is 1.68 bits per heavy atom. The number of ether oxygens (including phenoxy) is 3. The Balaban J connectivity index is 1.36. The molecule has 182 valence electrons. The van der Waals surface area contributed by atoms with Crippen molar-refractivity contribution in [3.63, 3.8) is 0 Å². The minimum atomic E-state index is -0.455. The molecule has 2 heterocycles. The standard InChI is InChI=1S/C25H30FN3O5/c1-32-21-9-8-17(23(33-2)24(21)34-3)15-27-10-12-28(13-11-27)25(31)18-14-22(30)29(16-18)20-7-5-4-6-19(20)26/h4-9,18H,10-16H2,1-3H3.